The van der Waals surface area contributed by atoms with Crippen molar-refractivity contribution >= 4 is 35.4 Å². The van der Waals surface area contributed by atoms with Gasteiger partial charge in [0.15, 0.2) is 0 Å². The Morgan fingerprint density at radius 3 is 3.05 bits per heavy atom. The van der Waals surface area contributed by atoms with Crippen LogP contribution in [0.4, 0.5) is 0 Å². The number of fused-ring (bicyclic) bond motifs is 1. The number of aryl methyl sites for hydroxylation is 1. The Morgan fingerprint density at radius 1 is 1.62 bits per heavy atom. The number of hydrogen-bond acceptors (Lipinski definition) is 9. The molecule has 1 amide bonds. The maximum absolute atomic E-state index is 11.9. The van der Waals surface area contributed by atoms with Gasteiger partial charge in [-0.1, -0.05) is 11.8 Å². The molecular formula is C10H12N6O3S2. The Bertz CT molecular complexity index is 630. The van der Waals surface area contributed by atoms with E-state index in [1.165, 1.54) is 16.7 Å². The van der Waals surface area contributed by atoms with Crippen molar-refractivity contribution in [3.05, 3.63) is 11.3 Å². The van der Waals surface area contributed by atoms with Gasteiger partial charge in [0.2, 0.25) is 11.1 Å². The van der Waals surface area contributed by atoms with E-state index in [0.717, 1.165) is 5.57 Å². The summed E-state index contributed by atoms with van der Waals surface area (Å²) in [5.41, 5.74) is 1.06. The fourth-order valence-electron chi connectivity index (χ4n) is 2.13. The number of hydrogen-bond donors (Lipinski definition) is 1. The zero-order chi connectivity index (χ0) is 15.0. The van der Waals surface area contributed by atoms with E-state index in [-0.39, 0.29) is 17.0 Å². The maximum Gasteiger partial charge on any atom is 0.373 e. The van der Waals surface area contributed by atoms with Gasteiger partial charge in [-0.2, -0.15) is 5.90 Å². The highest BCUT2D eigenvalue weighted by Crippen LogP contribution is 2.41. The van der Waals surface area contributed by atoms with E-state index >= 15 is 0 Å². The quantitative estimate of drug-likeness (QED) is 0.434. The highest BCUT2D eigenvalue weighted by molar-refractivity contribution is 8.00. The Morgan fingerprint density at radius 2 is 2.43 bits per heavy atom. The van der Waals surface area contributed by atoms with Crippen molar-refractivity contribution in [2.75, 3.05) is 11.5 Å². The SMILES string of the molecule is Cn1nnnc1SCC1=C(C(=O)ON)N2C(=O)C[C@@H]2SC1. The molecule has 0 bridgehead atoms. The molecule has 1 atom stereocenters. The second-order valence-corrected chi connectivity index (χ2v) is 6.57. The molecule has 2 N–H and O–H groups in total. The molecule has 1 aromatic rings. The van der Waals surface area contributed by atoms with Gasteiger partial charge in [0.05, 0.1) is 11.8 Å². The van der Waals surface area contributed by atoms with Gasteiger partial charge in [0.25, 0.3) is 0 Å². The smallest absolute Gasteiger partial charge is 0.369 e. The second-order valence-electron chi connectivity index (χ2n) is 4.46. The number of carbonyl (C=O) groups excluding carboxylic acids is 2. The van der Waals surface area contributed by atoms with Crippen LogP contribution in [0.25, 0.3) is 0 Å². The molecule has 21 heavy (non-hydrogen) atoms. The summed E-state index contributed by atoms with van der Waals surface area (Å²) in [6.07, 6.45) is 0.444. The molecule has 2 aliphatic rings. The molecule has 0 saturated carbocycles. The first-order valence-electron chi connectivity index (χ1n) is 6.03. The minimum absolute atomic E-state index is 0.0110. The van der Waals surface area contributed by atoms with Crippen LogP contribution in [0.5, 0.6) is 0 Å². The number of tetrazole rings is 1. The fourth-order valence-corrected chi connectivity index (χ4v) is 4.38. The largest absolute Gasteiger partial charge is 0.373 e. The van der Waals surface area contributed by atoms with Crippen LogP contribution in [-0.2, 0) is 21.5 Å². The molecular weight excluding hydrogens is 316 g/mol. The van der Waals surface area contributed by atoms with Crippen LogP contribution < -0.4 is 5.90 Å². The minimum atomic E-state index is -0.681. The minimum Gasteiger partial charge on any atom is -0.369 e. The summed E-state index contributed by atoms with van der Waals surface area (Å²) in [6, 6.07) is 0. The number of amides is 1. The van der Waals surface area contributed by atoms with E-state index in [4.69, 9.17) is 5.90 Å². The molecule has 11 heteroatoms. The molecule has 2 aliphatic heterocycles. The van der Waals surface area contributed by atoms with Crippen molar-refractivity contribution in [3.8, 4) is 0 Å². The Hall–Kier alpha value is -1.59. The van der Waals surface area contributed by atoms with Gasteiger partial charge in [-0.05, 0) is 16.0 Å². The Balaban J connectivity index is 1.83. The predicted molar refractivity (Wildman–Crippen MR) is 74.5 cm³/mol. The van der Waals surface area contributed by atoms with Crippen LogP contribution in [0.1, 0.15) is 6.42 Å². The van der Waals surface area contributed by atoms with E-state index in [9.17, 15) is 9.59 Å². The van der Waals surface area contributed by atoms with E-state index in [0.29, 0.717) is 23.1 Å². The number of carbonyl (C=O) groups is 2. The fraction of sp³-hybridized carbons (Fsp3) is 0.500. The molecule has 3 heterocycles. The molecule has 9 nitrogen and oxygen atoms in total. The van der Waals surface area contributed by atoms with Crippen LogP contribution in [0.15, 0.2) is 16.4 Å². The maximum atomic E-state index is 11.9. The molecule has 1 saturated heterocycles. The molecule has 0 aromatic carbocycles. The topological polar surface area (TPSA) is 116 Å². The Kier molecular flexibility index (Phi) is 3.87. The van der Waals surface area contributed by atoms with Crippen LogP contribution >= 0.6 is 23.5 Å². The van der Waals surface area contributed by atoms with E-state index < -0.39 is 5.97 Å². The highest BCUT2D eigenvalue weighted by atomic mass is 32.2. The normalized spacial score (nSPS) is 21.1. The van der Waals surface area contributed by atoms with Crippen molar-refractivity contribution in [1.82, 2.24) is 25.1 Å². The van der Waals surface area contributed by atoms with Crippen LogP contribution in [0.2, 0.25) is 0 Å². The van der Waals surface area contributed by atoms with Crippen LogP contribution in [0, 0.1) is 0 Å². The number of nitrogens with zero attached hydrogens (tertiary/aromatic N) is 5. The third-order valence-corrected chi connectivity index (χ3v) is 5.56. The summed E-state index contributed by atoms with van der Waals surface area (Å²) in [6.45, 7) is 0. The van der Waals surface area contributed by atoms with Crippen LogP contribution in [-0.4, -0.2) is 53.9 Å². The third kappa shape index (κ3) is 2.51. The molecule has 0 aliphatic carbocycles. The van der Waals surface area contributed by atoms with Crippen molar-refractivity contribution in [3.63, 3.8) is 0 Å². The van der Waals surface area contributed by atoms with Crippen molar-refractivity contribution in [2.45, 2.75) is 17.0 Å². The lowest BCUT2D eigenvalue weighted by Crippen LogP contribution is -2.54. The summed E-state index contributed by atoms with van der Waals surface area (Å²) in [7, 11) is 1.73. The average molecular weight is 328 g/mol. The molecule has 1 fully saturated rings. The molecule has 112 valence electrons. The molecule has 0 radical (unpaired) electrons. The van der Waals surface area contributed by atoms with Gasteiger partial charge in [-0.25, -0.2) is 9.48 Å². The molecule has 3 rings (SSSR count). The number of thioether (sulfide) groups is 2. The summed E-state index contributed by atoms with van der Waals surface area (Å²) in [4.78, 5) is 29.4. The first kappa shape index (κ1) is 14.4. The second kappa shape index (κ2) is 5.66. The lowest BCUT2D eigenvalue weighted by molar-refractivity contribution is -0.149. The zero-order valence-corrected chi connectivity index (χ0v) is 12.7. The Labute approximate surface area is 128 Å². The third-order valence-electron chi connectivity index (χ3n) is 3.19. The van der Waals surface area contributed by atoms with Crippen LogP contribution in [0.3, 0.4) is 0 Å². The molecule has 0 spiro atoms. The number of rotatable bonds is 4. The summed E-state index contributed by atoms with van der Waals surface area (Å²) in [5.74, 6) is 5.36. The number of nitrogens with two attached hydrogens (primary N) is 1. The zero-order valence-electron chi connectivity index (χ0n) is 11.1. The first-order valence-corrected chi connectivity index (χ1v) is 8.07. The summed E-state index contributed by atoms with van der Waals surface area (Å²) in [5, 5.41) is 11.8. The van der Waals surface area contributed by atoms with Crippen molar-refractivity contribution < 1.29 is 14.4 Å². The van der Waals surface area contributed by atoms with Gasteiger partial charge in [0, 0.05) is 18.6 Å². The van der Waals surface area contributed by atoms with Gasteiger partial charge < -0.3 is 4.84 Å². The van der Waals surface area contributed by atoms with Crippen molar-refractivity contribution in [2.24, 2.45) is 12.9 Å². The van der Waals surface area contributed by atoms with E-state index in [2.05, 4.69) is 20.4 Å². The average Bonchev–Trinajstić information content (AvgIpc) is 2.88. The van der Waals surface area contributed by atoms with E-state index in [1.807, 2.05) is 0 Å². The lowest BCUT2D eigenvalue weighted by atomic mass is 10.1. The van der Waals surface area contributed by atoms with Gasteiger partial charge >= 0.3 is 5.97 Å². The van der Waals surface area contributed by atoms with Gasteiger partial charge in [-0.15, -0.1) is 16.9 Å². The first-order chi connectivity index (χ1) is 10.1. The highest BCUT2D eigenvalue weighted by Gasteiger charge is 2.45. The predicted octanol–water partition coefficient (Wildman–Crippen LogP) is -0.722. The molecule has 1 aromatic heterocycles. The molecule has 0 unspecified atom stereocenters. The number of β-lactam (4-membered cyclic amide) rings is 1. The van der Waals surface area contributed by atoms with Crippen molar-refractivity contribution in [1.29, 1.82) is 0 Å². The monoisotopic (exact) mass is 328 g/mol. The van der Waals surface area contributed by atoms with Gasteiger partial charge in [-0.3, -0.25) is 9.69 Å². The standard InChI is InChI=1S/C10H12N6O3S2/c1-15-10(12-13-14-15)21-4-5-3-20-7-2-6(17)16(7)8(5)9(18)19-11/h7H,2-4,11H2,1H3/t7-/m0/s1. The lowest BCUT2D eigenvalue weighted by Gasteiger charge is -2.44. The van der Waals surface area contributed by atoms with E-state index in [1.54, 1.807) is 23.5 Å². The summed E-state index contributed by atoms with van der Waals surface area (Å²) < 4.78 is 1.54. The number of aromatic nitrogens is 4. The summed E-state index contributed by atoms with van der Waals surface area (Å²) >= 11 is 3.01. The van der Waals surface area contributed by atoms with Gasteiger partial charge in [0.1, 0.15) is 5.70 Å².